The van der Waals surface area contributed by atoms with E-state index < -0.39 is 6.10 Å². The lowest BCUT2D eigenvalue weighted by atomic mass is 10.2. The molecule has 0 fully saturated rings. The fourth-order valence-corrected chi connectivity index (χ4v) is 2.35. The Labute approximate surface area is 137 Å². The second-order valence-electron chi connectivity index (χ2n) is 5.82. The number of hydrogen-bond donors (Lipinski definition) is 3. The van der Waals surface area contributed by atoms with E-state index in [1.54, 1.807) is 19.1 Å². The second-order valence-corrected chi connectivity index (χ2v) is 5.82. The van der Waals surface area contributed by atoms with Crippen LogP contribution in [0, 0.1) is 0 Å². The highest BCUT2D eigenvalue weighted by atomic mass is 16.5. The minimum Gasteiger partial charge on any atom is -0.479 e. The number of rotatable bonds is 7. The third kappa shape index (κ3) is 4.61. The number of fused-ring (bicyclic) bond motifs is 1. The van der Waals surface area contributed by atoms with E-state index >= 15 is 0 Å². The van der Waals surface area contributed by atoms with Crippen LogP contribution in [-0.2, 0) is 9.59 Å². The molecule has 0 saturated heterocycles. The number of hydrogen-bond acceptors (Lipinski definition) is 4. The van der Waals surface area contributed by atoms with Crippen LogP contribution in [0.2, 0.25) is 0 Å². The molecule has 6 heteroatoms. The van der Waals surface area contributed by atoms with Crippen molar-refractivity contribution in [2.24, 2.45) is 0 Å². The van der Waals surface area contributed by atoms with Gasteiger partial charge in [0.15, 0.2) is 6.10 Å². The Bertz CT molecular complexity index is 574. The van der Waals surface area contributed by atoms with Crippen LogP contribution in [0.5, 0.6) is 5.75 Å². The molecular formula is C17H25N3O3. The molecule has 1 aromatic rings. The molecule has 0 unspecified atom stereocenters. The quantitative estimate of drug-likeness (QED) is 0.675. The summed E-state index contributed by atoms with van der Waals surface area (Å²) in [5, 5.41) is 8.85. The molecule has 0 radical (unpaired) electrons. The highest BCUT2D eigenvalue weighted by Gasteiger charge is 2.23. The zero-order valence-electron chi connectivity index (χ0n) is 13.9. The summed E-state index contributed by atoms with van der Waals surface area (Å²) in [4.78, 5) is 23.7. The molecule has 2 atom stereocenters. The van der Waals surface area contributed by atoms with Gasteiger partial charge < -0.3 is 20.7 Å². The van der Waals surface area contributed by atoms with Crippen LogP contribution in [0.4, 0.5) is 11.4 Å². The van der Waals surface area contributed by atoms with E-state index in [1.165, 1.54) is 0 Å². The number of benzene rings is 1. The van der Waals surface area contributed by atoms with Crippen molar-refractivity contribution < 1.29 is 14.3 Å². The fraction of sp³-hybridized carbons (Fsp3) is 0.529. The number of unbranched alkanes of at least 4 members (excludes halogenated alkanes) is 2. The predicted octanol–water partition coefficient (Wildman–Crippen LogP) is 2.51. The molecular weight excluding hydrogens is 294 g/mol. The van der Waals surface area contributed by atoms with Crippen molar-refractivity contribution in [2.45, 2.75) is 52.2 Å². The lowest BCUT2D eigenvalue weighted by Crippen LogP contribution is -2.38. The average molecular weight is 319 g/mol. The molecule has 23 heavy (non-hydrogen) atoms. The van der Waals surface area contributed by atoms with E-state index in [1.807, 2.05) is 13.0 Å². The van der Waals surface area contributed by atoms with Crippen molar-refractivity contribution in [3.63, 3.8) is 0 Å². The number of ether oxygens (including phenoxy) is 1. The summed E-state index contributed by atoms with van der Waals surface area (Å²) < 4.78 is 5.51. The largest absolute Gasteiger partial charge is 0.479 e. The van der Waals surface area contributed by atoms with Gasteiger partial charge in [0.05, 0.1) is 5.69 Å². The van der Waals surface area contributed by atoms with E-state index in [9.17, 15) is 9.59 Å². The van der Waals surface area contributed by atoms with Crippen LogP contribution < -0.4 is 20.7 Å². The van der Waals surface area contributed by atoms with Gasteiger partial charge in [0, 0.05) is 12.2 Å². The molecule has 1 aliphatic heterocycles. The molecule has 0 saturated carbocycles. The highest BCUT2D eigenvalue weighted by Crippen LogP contribution is 2.32. The first-order valence-corrected chi connectivity index (χ1v) is 8.17. The fourth-order valence-electron chi connectivity index (χ4n) is 2.35. The van der Waals surface area contributed by atoms with Crippen molar-refractivity contribution in [3.8, 4) is 5.75 Å². The third-order valence-corrected chi connectivity index (χ3v) is 3.77. The van der Waals surface area contributed by atoms with Crippen molar-refractivity contribution in [2.75, 3.05) is 17.2 Å². The van der Waals surface area contributed by atoms with Crippen LogP contribution in [0.15, 0.2) is 18.2 Å². The van der Waals surface area contributed by atoms with Gasteiger partial charge in [-0.15, -0.1) is 0 Å². The normalized spacial score (nSPS) is 17.5. The topological polar surface area (TPSA) is 79.5 Å². The Morgan fingerprint density at radius 3 is 2.91 bits per heavy atom. The van der Waals surface area contributed by atoms with Gasteiger partial charge in [-0.25, -0.2) is 0 Å². The Kier molecular flexibility index (Phi) is 5.84. The molecule has 1 aromatic carbocycles. The molecule has 1 heterocycles. The summed E-state index contributed by atoms with van der Waals surface area (Å²) in [7, 11) is 0. The van der Waals surface area contributed by atoms with Gasteiger partial charge in [0.2, 0.25) is 5.91 Å². The van der Waals surface area contributed by atoms with Gasteiger partial charge in [-0.1, -0.05) is 19.8 Å². The molecule has 0 aliphatic carbocycles. The first-order valence-electron chi connectivity index (χ1n) is 8.17. The minimum atomic E-state index is -0.492. The smallest absolute Gasteiger partial charge is 0.265 e. The molecule has 0 aromatic heterocycles. The van der Waals surface area contributed by atoms with E-state index in [0.717, 1.165) is 24.9 Å². The molecule has 2 rings (SSSR count). The number of amides is 2. The summed E-state index contributed by atoms with van der Waals surface area (Å²) in [5.41, 5.74) is 1.38. The van der Waals surface area contributed by atoms with Crippen LogP contribution in [0.25, 0.3) is 0 Å². The number of carbonyl (C=O) groups excluding carboxylic acids is 2. The number of nitrogens with one attached hydrogen (secondary N) is 3. The van der Waals surface area contributed by atoms with Crippen molar-refractivity contribution in [3.05, 3.63) is 18.2 Å². The lowest BCUT2D eigenvalue weighted by Gasteiger charge is -2.24. The summed E-state index contributed by atoms with van der Waals surface area (Å²) in [5.74, 6) is 0.434. The highest BCUT2D eigenvalue weighted by molar-refractivity contribution is 5.98. The zero-order chi connectivity index (χ0) is 16.8. The Morgan fingerprint density at radius 2 is 2.17 bits per heavy atom. The van der Waals surface area contributed by atoms with Crippen LogP contribution >= 0.6 is 0 Å². The average Bonchev–Trinajstić information content (AvgIpc) is 2.52. The molecule has 2 amide bonds. The molecule has 126 valence electrons. The van der Waals surface area contributed by atoms with Gasteiger partial charge in [-0.2, -0.15) is 0 Å². The van der Waals surface area contributed by atoms with Crippen molar-refractivity contribution in [1.82, 2.24) is 5.32 Å². The van der Waals surface area contributed by atoms with E-state index in [0.29, 0.717) is 18.0 Å². The molecule has 0 spiro atoms. The van der Waals surface area contributed by atoms with Crippen LogP contribution in [-0.4, -0.2) is 30.5 Å². The summed E-state index contributed by atoms with van der Waals surface area (Å²) in [6, 6.07) is 5.05. The first kappa shape index (κ1) is 17.1. The Balaban J connectivity index is 1.91. The summed E-state index contributed by atoms with van der Waals surface area (Å²) in [6.45, 7) is 6.34. The first-order chi connectivity index (χ1) is 11.0. The van der Waals surface area contributed by atoms with Crippen molar-refractivity contribution >= 4 is 23.2 Å². The molecule has 0 bridgehead atoms. The standard InChI is InChI=1S/C17H25N3O3/c1-4-5-6-9-18-16(21)11(2)19-13-7-8-15-14(10-13)20-17(22)12(3)23-15/h7-8,10-12,19H,4-6,9H2,1-3H3,(H,18,21)(H,20,22)/t11-,12-/m0/s1. The van der Waals surface area contributed by atoms with E-state index in [4.69, 9.17) is 4.74 Å². The van der Waals surface area contributed by atoms with Gasteiger partial charge >= 0.3 is 0 Å². The van der Waals surface area contributed by atoms with Crippen molar-refractivity contribution in [1.29, 1.82) is 0 Å². The SMILES string of the molecule is CCCCCNC(=O)[C@H](C)Nc1ccc2c(c1)NC(=O)[C@H](C)O2. The Hall–Kier alpha value is -2.24. The second kappa shape index (κ2) is 7.85. The number of carbonyl (C=O) groups is 2. The van der Waals surface area contributed by atoms with Gasteiger partial charge in [-0.05, 0) is 38.5 Å². The van der Waals surface area contributed by atoms with Gasteiger partial charge in [-0.3, -0.25) is 9.59 Å². The van der Waals surface area contributed by atoms with E-state index in [2.05, 4.69) is 22.9 Å². The Morgan fingerprint density at radius 1 is 1.39 bits per heavy atom. The van der Waals surface area contributed by atoms with Gasteiger partial charge in [0.25, 0.3) is 5.91 Å². The summed E-state index contributed by atoms with van der Waals surface area (Å²) in [6.07, 6.45) is 2.75. The summed E-state index contributed by atoms with van der Waals surface area (Å²) >= 11 is 0. The van der Waals surface area contributed by atoms with Crippen LogP contribution in [0.1, 0.15) is 40.0 Å². The maximum atomic E-state index is 12.0. The zero-order valence-corrected chi connectivity index (χ0v) is 13.9. The lowest BCUT2D eigenvalue weighted by molar-refractivity contribution is -0.123. The maximum absolute atomic E-state index is 12.0. The minimum absolute atomic E-state index is 0.0345. The number of anilines is 2. The predicted molar refractivity (Wildman–Crippen MR) is 90.8 cm³/mol. The maximum Gasteiger partial charge on any atom is 0.265 e. The molecule has 1 aliphatic rings. The third-order valence-electron chi connectivity index (χ3n) is 3.77. The van der Waals surface area contributed by atoms with E-state index in [-0.39, 0.29) is 17.9 Å². The monoisotopic (exact) mass is 319 g/mol. The molecule has 3 N–H and O–H groups in total. The molecule has 6 nitrogen and oxygen atoms in total. The van der Waals surface area contributed by atoms with Crippen LogP contribution in [0.3, 0.4) is 0 Å². The van der Waals surface area contributed by atoms with Gasteiger partial charge in [0.1, 0.15) is 11.8 Å².